The van der Waals surface area contributed by atoms with Crippen molar-refractivity contribution in [1.82, 2.24) is 4.90 Å². The van der Waals surface area contributed by atoms with E-state index in [9.17, 15) is 0 Å². The Bertz CT molecular complexity index is 327. The molecule has 0 aliphatic rings. The predicted molar refractivity (Wildman–Crippen MR) is 85.0 cm³/mol. The highest BCUT2D eigenvalue weighted by atomic mass is 79.9. The molecule has 0 aliphatic heterocycles. The molecule has 1 unspecified atom stereocenters. The molecule has 2 N–H and O–H groups in total. The highest BCUT2D eigenvalue weighted by Gasteiger charge is 2.07. The van der Waals surface area contributed by atoms with Crippen molar-refractivity contribution >= 4 is 27.3 Å². The van der Waals surface area contributed by atoms with Crippen LogP contribution < -0.4 is 5.73 Å². The van der Waals surface area contributed by atoms with Crippen LogP contribution in [0.15, 0.2) is 15.9 Å². The molecule has 1 aromatic heterocycles. The van der Waals surface area contributed by atoms with E-state index in [4.69, 9.17) is 5.73 Å². The van der Waals surface area contributed by atoms with Crippen LogP contribution in [-0.2, 0) is 6.54 Å². The van der Waals surface area contributed by atoms with E-state index in [1.54, 1.807) is 0 Å². The zero-order valence-electron chi connectivity index (χ0n) is 11.5. The molecule has 0 aliphatic carbocycles. The number of thiophene rings is 1. The number of rotatable bonds is 9. The van der Waals surface area contributed by atoms with Gasteiger partial charge < -0.3 is 10.6 Å². The number of halogens is 1. The maximum absolute atomic E-state index is 5.63. The Balaban J connectivity index is 2.18. The summed E-state index contributed by atoms with van der Waals surface area (Å²) in [6.45, 7) is 5.34. The molecule has 18 heavy (non-hydrogen) atoms. The van der Waals surface area contributed by atoms with Crippen LogP contribution in [0, 0.1) is 5.92 Å². The molecule has 1 atom stereocenters. The molecule has 1 rings (SSSR count). The van der Waals surface area contributed by atoms with Crippen LogP contribution in [-0.4, -0.2) is 25.0 Å². The highest BCUT2D eigenvalue weighted by molar-refractivity contribution is 9.10. The van der Waals surface area contributed by atoms with Gasteiger partial charge in [-0.25, -0.2) is 0 Å². The lowest BCUT2D eigenvalue weighted by Crippen LogP contribution is -2.19. The maximum atomic E-state index is 5.63. The van der Waals surface area contributed by atoms with Gasteiger partial charge in [0.25, 0.3) is 0 Å². The molecule has 4 heteroatoms. The van der Waals surface area contributed by atoms with Crippen molar-refractivity contribution in [2.24, 2.45) is 11.7 Å². The summed E-state index contributed by atoms with van der Waals surface area (Å²) in [6, 6.07) is 2.21. The molecule has 0 radical (unpaired) electrons. The third-order valence-corrected chi connectivity index (χ3v) is 5.03. The van der Waals surface area contributed by atoms with E-state index in [-0.39, 0.29) is 0 Å². The van der Waals surface area contributed by atoms with Gasteiger partial charge in [0.15, 0.2) is 0 Å². The topological polar surface area (TPSA) is 29.3 Å². The summed E-state index contributed by atoms with van der Waals surface area (Å²) in [5.74, 6) is 0.819. The average molecular weight is 333 g/mol. The van der Waals surface area contributed by atoms with Crippen molar-refractivity contribution in [3.05, 3.63) is 20.8 Å². The van der Waals surface area contributed by atoms with Gasteiger partial charge in [0, 0.05) is 21.3 Å². The molecule has 0 saturated heterocycles. The highest BCUT2D eigenvalue weighted by Crippen LogP contribution is 2.21. The second kappa shape index (κ2) is 9.08. The van der Waals surface area contributed by atoms with Gasteiger partial charge >= 0.3 is 0 Å². The number of nitrogens with zero attached hydrogens (tertiary/aromatic N) is 1. The standard InChI is InChI=1S/C14H25BrN2S/c1-3-12(6-7-16)5-4-8-17(2)10-14-9-13(15)11-18-14/h9,11-12H,3-8,10,16H2,1-2H3. The molecule has 0 amide bonds. The van der Waals surface area contributed by atoms with Crippen molar-refractivity contribution in [2.45, 2.75) is 39.2 Å². The van der Waals surface area contributed by atoms with Gasteiger partial charge in [0.2, 0.25) is 0 Å². The Hall–Kier alpha value is 0.1000. The predicted octanol–water partition coefficient (Wildman–Crippen LogP) is 4.10. The number of nitrogens with two attached hydrogens (primary N) is 1. The van der Waals surface area contributed by atoms with Crippen LogP contribution in [0.5, 0.6) is 0 Å². The minimum atomic E-state index is 0.819. The zero-order valence-corrected chi connectivity index (χ0v) is 13.9. The molecule has 0 spiro atoms. The first kappa shape index (κ1) is 16.2. The van der Waals surface area contributed by atoms with Crippen molar-refractivity contribution in [2.75, 3.05) is 20.1 Å². The van der Waals surface area contributed by atoms with Gasteiger partial charge in [-0.1, -0.05) is 13.3 Å². The third-order valence-electron chi connectivity index (χ3n) is 3.35. The fourth-order valence-corrected chi connectivity index (χ4v) is 3.75. The Morgan fingerprint density at radius 3 is 2.78 bits per heavy atom. The lowest BCUT2D eigenvalue weighted by atomic mass is 9.97. The third kappa shape index (κ3) is 6.32. The Morgan fingerprint density at radius 1 is 1.44 bits per heavy atom. The van der Waals surface area contributed by atoms with E-state index in [1.807, 2.05) is 11.3 Å². The molecule has 2 nitrogen and oxygen atoms in total. The van der Waals surface area contributed by atoms with E-state index < -0.39 is 0 Å². The first-order valence-electron chi connectivity index (χ1n) is 6.77. The van der Waals surface area contributed by atoms with Gasteiger partial charge in [-0.3, -0.25) is 0 Å². The van der Waals surface area contributed by atoms with Crippen molar-refractivity contribution < 1.29 is 0 Å². The molecule has 1 aromatic rings. The smallest absolute Gasteiger partial charge is 0.0325 e. The van der Waals surface area contributed by atoms with E-state index in [0.29, 0.717) is 0 Å². The van der Waals surface area contributed by atoms with Crippen LogP contribution in [0.3, 0.4) is 0 Å². The summed E-state index contributed by atoms with van der Waals surface area (Å²) in [5, 5.41) is 2.15. The number of hydrogen-bond donors (Lipinski definition) is 1. The fourth-order valence-electron chi connectivity index (χ4n) is 2.22. The minimum Gasteiger partial charge on any atom is -0.330 e. The van der Waals surface area contributed by atoms with Crippen LogP contribution in [0.25, 0.3) is 0 Å². The van der Waals surface area contributed by atoms with Crippen LogP contribution in [0.1, 0.15) is 37.5 Å². The summed E-state index contributed by atoms with van der Waals surface area (Å²) >= 11 is 5.33. The number of hydrogen-bond acceptors (Lipinski definition) is 3. The van der Waals surface area contributed by atoms with E-state index in [0.717, 1.165) is 19.0 Å². The molecule has 0 saturated carbocycles. The zero-order chi connectivity index (χ0) is 13.4. The van der Waals surface area contributed by atoms with Crippen LogP contribution in [0.2, 0.25) is 0 Å². The van der Waals surface area contributed by atoms with Gasteiger partial charge in [-0.2, -0.15) is 0 Å². The second-order valence-electron chi connectivity index (χ2n) is 4.96. The van der Waals surface area contributed by atoms with E-state index in [2.05, 4.69) is 46.2 Å². The largest absolute Gasteiger partial charge is 0.330 e. The normalized spacial score (nSPS) is 13.2. The van der Waals surface area contributed by atoms with Crippen molar-refractivity contribution in [3.63, 3.8) is 0 Å². The summed E-state index contributed by atoms with van der Waals surface area (Å²) < 4.78 is 1.20. The summed E-state index contributed by atoms with van der Waals surface area (Å²) in [7, 11) is 2.21. The monoisotopic (exact) mass is 332 g/mol. The molecule has 0 aromatic carbocycles. The van der Waals surface area contributed by atoms with E-state index >= 15 is 0 Å². The van der Waals surface area contributed by atoms with Gasteiger partial charge in [0.05, 0.1) is 0 Å². The van der Waals surface area contributed by atoms with Gasteiger partial charge in [-0.05, 0) is 67.3 Å². The molecule has 0 fully saturated rings. The molecule has 104 valence electrons. The maximum Gasteiger partial charge on any atom is 0.0325 e. The van der Waals surface area contributed by atoms with Crippen LogP contribution in [0.4, 0.5) is 0 Å². The summed E-state index contributed by atoms with van der Waals surface area (Å²) in [6.07, 6.45) is 5.03. The average Bonchev–Trinajstić information content (AvgIpc) is 2.73. The van der Waals surface area contributed by atoms with Gasteiger partial charge in [0.1, 0.15) is 0 Å². The fraction of sp³-hybridized carbons (Fsp3) is 0.714. The summed E-state index contributed by atoms with van der Waals surface area (Å²) in [4.78, 5) is 3.84. The lowest BCUT2D eigenvalue weighted by molar-refractivity contribution is 0.302. The SMILES string of the molecule is CCC(CCN)CCCN(C)Cc1cc(Br)cs1. The summed E-state index contributed by atoms with van der Waals surface area (Å²) in [5.41, 5.74) is 5.63. The first-order valence-corrected chi connectivity index (χ1v) is 8.44. The lowest BCUT2D eigenvalue weighted by Gasteiger charge is -2.18. The molecule has 0 bridgehead atoms. The van der Waals surface area contributed by atoms with Crippen LogP contribution >= 0.6 is 27.3 Å². The Kier molecular flexibility index (Phi) is 8.15. The molecular weight excluding hydrogens is 308 g/mol. The van der Waals surface area contributed by atoms with Crippen molar-refractivity contribution in [3.8, 4) is 0 Å². The van der Waals surface area contributed by atoms with E-state index in [1.165, 1.54) is 41.6 Å². The molecular formula is C14H25BrN2S. The quantitative estimate of drug-likeness (QED) is 0.737. The van der Waals surface area contributed by atoms with Crippen molar-refractivity contribution in [1.29, 1.82) is 0 Å². The Labute approximate surface area is 124 Å². The Morgan fingerprint density at radius 2 is 2.22 bits per heavy atom. The second-order valence-corrected chi connectivity index (χ2v) is 6.87. The first-order chi connectivity index (χ1) is 8.65. The minimum absolute atomic E-state index is 0.819. The van der Waals surface area contributed by atoms with Gasteiger partial charge in [-0.15, -0.1) is 11.3 Å². The molecule has 1 heterocycles.